The first kappa shape index (κ1) is 14.1. The normalized spacial score (nSPS) is 11.0. The molecule has 0 saturated heterocycles. The first-order valence-corrected chi connectivity index (χ1v) is 7.86. The molecule has 0 aliphatic carbocycles. The van der Waals surface area contributed by atoms with Gasteiger partial charge in [0.2, 0.25) is 0 Å². The van der Waals surface area contributed by atoms with Gasteiger partial charge in [-0.25, -0.2) is 0 Å². The standard InChI is InChI=1S/C18H18O2S/c1-12-7-14(9-19)8-13(2)18(12)20-10-15-11-21-17-6-4-3-5-16(15)17/h3-8,11,19H,9-10H2,1-2H3. The van der Waals surface area contributed by atoms with Crippen LogP contribution in [0.25, 0.3) is 10.1 Å². The van der Waals surface area contributed by atoms with Crippen LogP contribution in [0, 0.1) is 13.8 Å². The zero-order valence-electron chi connectivity index (χ0n) is 12.2. The highest BCUT2D eigenvalue weighted by molar-refractivity contribution is 7.17. The predicted octanol–water partition coefficient (Wildman–Crippen LogP) is 4.59. The van der Waals surface area contributed by atoms with Gasteiger partial charge in [0.05, 0.1) is 6.61 Å². The van der Waals surface area contributed by atoms with Gasteiger partial charge in [0.15, 0.2) is 0 Å². The number of aryl methyl sites for hydroxylation is 2. The molecular weight excluding hydrogens is 280 g/mol. The first-order valence-electron chi connectivity index (χ1n) is 6.98. The molecule has 1 N–H and O–H groups in total. The van der Waals surface area contributed by atoms with E-state index in [2.05, 4.69) is 29.6 Å². The Balaban J connectivity index is 1.85. The summed E-state index contributed by atoms with van der Waals surface area (Å²) in [4.78, 5) is 0. The fourth-order valence-electron chi connectivity index (χ4n) is 2.65. The summed E-state index contributed by atoms with van der Waals surface area (Å²) < 4.78 is 7.34. The van der Waals surface area contributed by atoms with Gasteiger partial charge in [-0.15, -0.1) is 11.3 Å². The van der Waals surface area contributed by atoms with Gasteiger partial charge in [0.25, 0.3) is 0 Å². The number of benzene rings is 2. The highest BCUT2D eigenvalue weighted by Gasteiger charge is 2.09. The van der Waals surface area contributed by atoms with Crippen molar-refractivity contribution in [1.82, 2.24) is 0 Å². The molecule has 0 aliphatic rings. The van der Waals surface area contributed by atoms with Gasteiger partial charge in [-0.05, 0) is 47.4 Å². The first-order chi connectivity index (χ1) is 10.2. The van der Waals surface area contributed by atoms with Crippen LogP contribution in [0.3, 0.4) is 0 Å². The lowest BCUT2D eigenvalue weighted by molar-refractivity contribution is 0.280. The molecule has 0 atom stereocenters. The molecule has 0 radical (unpaired) electrons. The summed E-state index contributed by atoms with van der Waals surface area (Å²) in [5.41, 5.74) is 4.29. The van der Waals surface area contributed by atoms with E-state index in [0.717, 1.165) is 22.4 Å². The summed E-state index contributed by atoms with van der Waals surface area (Å²) in [6.07, 6.45) is 0. The monoisotopic (exact) mass is 298 g/mol. The van der Waals surface area contributed by atoms with E-state index in [1.165, 1.54) is 15.6 Å². The third-order valence-corrected chi connectivity index (χ3v) is 4.65. The highest BCUT2D eigenvalue weighted by atomic mass is 32.1. The Morgan fingerprint density at radius 3 is 2.52 bits per heavy atom. The molecule has 3 aromatic rings. The topological polar surface area (TPSA) is 29.5 Å². The van der Waals surface area contributed by atoms with Crippen molar-refractivity contribution in [2.75, 3.05) is 0 Å². The van der Waals surface area contributed by atoms with Crippen molar-refractivity contribution in [1.29, 1.82) is 0 Å². The van der Waals surface area contributed by atoms with Gasteiger partial charge in [0, 0.05) is 10.3 Å². The molecule has 1 aromatic heterocycles. The molecule has 0 amide bonds. The molecule has 0 fully saturated rings. The summed E-state index contributed by atoms with van der Waals surface area (Å²) in [5.74, 6) is 0.919. The Labute approximate surface area is 128 Å². The Morgan fingerprint density at radius 2 is 1.81 bits per heavy atom. The second-order valence-corrected chi connectivity index (χ2v) is 6.17. The number of aliphatic hydroxyl groups is 1. The Bertz CT molecular complexity index is 751. The minimum Gasteiger partial charge on any atom is -0.488 e. The second kappa shape index (κ2) is 5.88. The molecule has 0 spiro atoms. The van der Waals surface area contributed by atoms with Gasteiger partial charge in [-0.3, -0.25) is 0 Å². The lowest BCUT2D eigenvalue weighted by Gasteiger charge is -2.13. The van der Waals surface area contributed by atoms with E-state index in [0.29, 0.717) is 6.61 Å². The average molecular weight is 298 g/mol. The van der Waals surface area contributed by atoms with Gasteiger partial charge >= 0.3 is 0 Å². The van der Waals surface area contributed by atoms with E-state index < -0.39 is 0 Å². The van der Waals surface area contributed by atoms with Crippen LogP contribution in [-0.4, -0.2) is 5.11 Å². The number of thiophene rings is 1. The van der Waals surface area contributed by atoms with Crippen LogP contribution in [0.2, 0.25) is 0 Å². The largest absolute Gasteiger partial charge is 0.488 e. The quantitative estimate of drug-likeness (QED) is 0.763. The SMILES string of the molecule is Cc1cc(CO)cc(C)c1OCc1csc2ccccc12. The minimum absolute atomic E-state index is 0.0666. The van der Waals surface area contributed by atoms with Crippen molar-refractivity contribution >= 4 is 21.4 Å². The second-order valence-electron chi connectivity index (χ2n) is 5.26. The molecule has 0 bridgehead atoms. The van der Waals surface area contributed by atoms with Gasteiger partial charge < -0.3 is 9.84 Å². The molecule has 21 heavy (non-hydrogen) atoms. The maximum atomic E-state index is 9.24. The molecule has 2 nitrogen and oxygen atoms in total. The molecule has 1 heterocycles. The number of hydrogen-bond donors (Lipinski definition) is 1. The van der Waals surface area contributed by atoms with Crippen LogP contribution in [0.5, 0.6) is 5.75 Å². The van der Waals surface area contributed by atoms with Crippen molar-refractivity contribution in [3.63, 3.8) is 0 Å². The van der Waals surface area contributed by atoms with Crippen molar-refractivity contribution < 1.29 is 9.84 Å². The molecule has 2 aromatic carbocycles. The van der Waals surface area contributed by atoms with E-state index in [4.69, 9.17) is 4.74 Å². The molecular formula is C18H18O2S. The lowest BCUT2D eigenvalue weighted by atomic mass is 10.1. The molecule has 0 unspecified atom stereocenters. The van der Waals surface area contributed by atoms with Crippen LogP contribution in [-0.2, 0) is 13.2 Å². The van der Waals surface area contributed by atoms with Crippen LogP contribution in [0.4, 0.5) is 0 Å². The number of aliphatic hydroxyl groups excluding tert-OH is 1. The van der Waals surface area contributed by atoms with E-state index in [1.807, 2.05) is 26.0 Å². The molecule has 108 valence electrons. The molecule has 0 aliphatic heterocycles. The minimum atomic E-state index is 0.0666. The summed E-state index contributed by atoms with van der Waals surface area (Å²) >= 11 is 1.75. The Kier molecular flexibility index (Phi) is 3.95. The summed E-state index contributed by atoms with van der Waals surface area (Å²) in [6.45, 7) is 4.68. The van der Waals surface area contributed by atoms with Crippen LogP contribution in [0.1, 0.15) is 22.3 Å². The molecule has 0 saturated carbocycles. The zero-order valence-corrected chi connectivity index (χ0v) is 13.0. The fourth-order valence-corrected chi connectivity index (χ4v) is 3.60. The van der Waals surface area contributed by atoms with E-state index in [9.17, 15) is 5.11 Å². The van der Waals surface area contributed by atoms with E-state index in [1.54, 1.807) is 11.3 Å². The fraction of sp³-hybridized carbons (Fsp3) is 0.222. The third kappa shape index (κ3) is 2.80. The van der Waals surface area contributed by atoms with Crippen LogP contribution >= 0.6 is 11.3 Å². The average Bonchev–Trinajstić information content (AvgIpc) is 2.89. The molecule has 3 rings (SSSR count). The number of fused-ring (bicyclic) bond motifs is 1. The van der Waals surface area contributed by atoms with Crippen LogP contribution < -0.4 is 4.74 Å². The van der Waals surface area contributed by atoms with Gasteiger partial charge in [0.1, 0.15) is 12.4 Å². The van der Waals surface area contributed by atoms with Crippen LogP contribution in [0.15, 0.2) is 41.8 Å². The summed E-state index contributed by atoms with van der Waals surface area (Å²) in [6, 6.07) is 12.4. The summed E-state index contributed by atoms with van der Waals surface area (Å²) in [5, 5.41) is 12.7. The van der Waals surface area contributed by atoms with Crippen molar-refractivity contribution in [3.05, 3.63) is 64.0 Å². The zero-order chi connectivity index (χ0) is 14.8. The van der Waals surface area contributed by atoms with Crippen molar-refractivity contribution in [3.8, 4) is 5.75 Å². The maximum absolute atomic E-state index is 9.24. The number of ether oxygens (including phenoxy) is 1. The Hall–Kier alpha value is -1.84. The number of hydrogen-bond acceptors (Lipinski definition) is 3. The highest BCUT2D eigenvalue weighted by Crippen LogP contribution is 2.29. The smallest absolute Gasteiger partial charge is 0.125 e. The van der Waals surface area contributed by atoms with Crippen molar-refractivity contribution in [2.45, 2.75) is 27.1 Å². The maximum Gasteiger partial charge on any atom is 0.125 e. The third-order valence-electron chi connectivity index (χ3n) is 3.64. The van der Waals surface area contributed by atoms with E-state index >= 15 is 0 Å². The molecule has 3 heteroatoms. The number of rotatable bonds is 4. The van der Waals surface area contributed by atoms with Gasteiger partial charge in [-0.2, -0.15) is 0 Å². The Morgan fingerprint density at radius 1 is 1.10 bits per heavy atom. The van der Waals surface area contributed by atoms with Gasteiger partial charge in [-0.1, -0.05) is 30.3 Å². The predicted molar refractivity (Wildman–Crippen MR) is 88.0 cm³/mol. The summed E-state index contributed by atoms with van der Waals surface area (Å²) in [7, 11) is 0. The van der Waals surface area contributed by atoms with Crippen molar-refractivity contribution in [2.24, 2.45) is 0 Å². The van der Waals surface area contributed by atoms with E-state index in [-0.39, 0.29) is 6.61 Å². The lowest BCUT2D eigenvalue weighted by Crippen LogP contribution is -1.99.